The first kappa shape index (κ1) is 13.8. The minimum Gasteiger partial charge on any atom is -0.326 e. The number of nitrogens with two attached hydrogens (primary N) is 1. The number of aromatic nitrogens is 1. The van der Waals surface area contributed by atoms with Crippen LogP contribution in [0, 0.1) is 5.41 Å². The molecule has 3 heteroatoms. The van der Waals surface area contributed by atoms with Gasteiger partial charge in [-0.3, -0.25) is 4.79 Å². The van der Waals surface area contributed by atoms with Gasteiger partial charge in [0, 0.05) is 18.7 Å². The van der Waals surface area contributed by atoms with Gasteiger partial charge in [0.1, 0.15) is 0 Å². The number of rotatable bonds is 3. The van der Waals surface area contributed by atoms with Crippen molar-refractivity contribution in [2.45, 2.75) is 40.3 Å². The number of aryl methyl sites for hydroxylation is 1. The minimum absolute atomic E-state index is 0.0467. The third-order valence-electron chi connectivity index (χ3n) is 3.38. The summed E-state index contributed by atoms with van der Waals surface area (Å²) < 4.78 is 1.86. The first-order valence-corrected chi connectivity index (χ1v) is 6.74. The topological polar surface area (TPSA) is 48.0 Å². The second-order valence-electron chi connectivity index (χ2n) is 6.20. The van der Waals surface area contributed by atoms with Crippen LogP contribution in [0.15, 0.2) is 35.1 Å². The number of fused-ring (bicyclic) bond motifs is 1. The van der Waals surface area contributed by atoms with Crippen molar-refractivity contribution in [2.75, 3.05) is 0 Å². The van der Waals surface area contributed by atoms with Gasteiger partial charge in [0.15, 0.2) is 0 Å². The lowest BCUT2D eigenvalue weighted by Gasteiger charge is -2.20. The molecule has 0 saturated carbocycles. The molecule has 0 unspecified atom stereocenters. The quantitative estimate of drug-likeness (QED) is 0.920. The van der Waals surface area contributed by atoms with E-state index in [1.165, 1.54) is 0 Å². The van der Waals surface area contributed by atoms with Gasteiger partial charge in [0.05, 0.1) is 5.52 Å². The largest absolute Gasteiger partial charge is 0.326 e. The van der Waals surface area contributed by atoms with E-state index in [4.69, 9.17) is 5.73 Å². The average molecular weight is 258 g/mol. The monoisotopic (exact) mass is 258 g/mol. The van der Waals surface area contributed by atoms with E-state index in [0.717, 1.165) is 23.9 Å². The average Bonchev–Trinajstić information content (AvgIpc) is 2.36. The van der Waals surface area contributed by atoms with Crippen molar-refractivity contribution in [3.8, 4) is 0 Å². The van der Waals surface area contributed by atoms with Crippen molar-refractivity contribution in [1.82, 2.24) is 4.57 Å². The number of hydrogen-bond acceptors (Lipinski definition) is 2. The van der Waals surface area contributed by atoms with Gasteiger partial charge in [-0.1, -0.05) is 39.0 Å². The lowest BCUT2D eigenvalue weighted by Crippen LogP contribution is -2.27. The fourth-order valence-electron chi connectivity index (χ4n) is 2.20. The highest BCUT2D eigenvalue weighted by molar-refractivity contribution is 5.79. The molecule has 0 aliphatic rings. The second-order valence-corrected chi connectivity index (χ2v) is 6.20. The van der Waals surface area contributed by atoms with Crippen molar-refractivity contribution in [3.05, 3.63) is 46.2 Å². The maximum Gasteiger partial charge on any atom is 0.255 e. The third kappa shape index (κ3) is 3.04. The molecule has 0 atom stereocenters. The van der Waals surface area contributed by atoms with Gasteiger partial charge in [0.25, 0.3) is 5.56 Å². The van der Waals surface area contributed by atoms with Crippen LogP contribution in [0.5, 0.6) is 0 Å². The Bertz CT molecular complexity index is 635. The van der Waals surface area contributed by atoms with Crippen LogP contribution in [0.3, 0.4) is 0 Å². The lowest BCUT2D eigenvalue weighted by atomic mass is 9.92. The van der Waals surface area contributed by atoms with Crippen molar-refractivity contribution in [2.24, 2.45) is 11.1 Å². The molecule has 0 fully saturated rings. The Morgan fingerprint density at radius 1 is 1.21 bits per heavy atom. The SMILES string of the molecule is CC(C)(C)CCn1c(=O)c(CN)cc2ccccc21. The van der Waals surface area contributed by atoms with Crippen molar-refractivity contribution in [3.63, 3.8) is 0 Å². The van der Waals surface area contributed by atoms with E-state index in [1.807, 2.05) is 34.9 Å². The summed E-state index contributed by atoms with van der Waals surface area (Å²) in [6, 6.07) is 9.89. The summed E-state index contributed by atoms with van der Waals surface area (Å²) in [6.45, 7) is 7.59. The summed E-state index contributed by atoms with van der Waals surface area (Å²) in [5.41, 5.74) is 7.62. The molecule has 19 heavy (non-hydrogen) atoms. The maximum atomic E-state index is 12.4. The molecule has 1 aromatic heterocycles. The van der Waals surface area contributed by atoms with Crippen LogP contribution in [-0.2, 0) is 13.1 Å². The first-order chi connectivity index (χ1) is 8.92. The molecule has 2 rings (SSSR count). The second kappa shape index (κ2) is 5.17. The smallest absolute Gasteiger partial charge is 0.255 e. The van der Waals surface area contributed by atoms with Gasteiger partial charge in [-0.2, -0.15) is 0 Å². The highest BCUT2D eigenvalue weighted by atomic mass is 16.1. The summed E-state index contributed by atoms with van der Waals surface area (Å²) in [6.07, 6.45) is 0.963. The molecule has 0 aliphatic heterocycles. The Hall–Kier alpha value is -1.61. The van der Waals surface area contributed by atoms with E-state index in [-0.39, 0.29) is 11.0 Å². The van der Waals surface area contributed by atoms with Crippen molar-refractivity contribution >= 4 is 10.9 Å². The number of para-hydroxylation sites is 1. The van der Waals surface area contributed by atoms with Crippen molar-refractivity contribution < 1.29 is 0 Å². The van der Waals surface area contributed by atoms with Gasteiger partial charge in [-0.25, -0.2) is 0 Å². The maximum absolute atomic E-state index is 12.4. The van der Waals surface area contributed by atoms with Crippen LogP contribution in [0.2, 0.25) is 0 Å². The zero-order chi connectivity index (χ0) is 14.0. The molecule has 1 heterocycles. The van der Waals surface area contributed by atoms with Crippen molar-refractivity contribution in [1.29, 1.82) is 0 Å². The minimum atomic E-state index is 0.0467. The zero-order valence-corrected chi connectivity index (χ0v) is 11.9. The highest BCUT2D eigenvalue weighted by Gasteiger charge is 2.13. The molecule has 2 aromatic rings. The lowest BCUT2D eigenvalue weighted by molar-refractivity contribution is 0.350. The van der Waals surface area contributed by atoms with Crippen LogP contribution in [0.4, 0.5) is 0 Å². The summed E-state index contributed by atoms with van der Waals surface area (Å²) in [5.74, 6) is 0. The molecular weight excluding hydrogens is 236 g/mol. The third-order valence-corrected chi connectivity index (χ3v) is 3.38. The molecule has 3 nitrogen and oxygen atoms in total. The normalized spacial score (nSPS) is 12.0. The van der Waals surface area contributed by atoms with Gasteiger partial charge >= 0.3 is 0 Å². The Kier molecular flexibility index (Phi) is 3.76. The van der Waals surface area contributed by atoms with E-state index in [0.29, 0.717) is 12.1 Å². The van der Waals surface area contributed by atoms with Gasteiger partial charge < -0.3 is 10.3 Å². The van der Waals surface area contributed by atoms with E-state index in [9.17, 15) is 4.79 Å². The van der Waals surface area contributed by atoms with E-state index >= 15 is 0 Å². The van der Waals surface area contributed by atoms with E-state index in [1.54, 1.807) is 0 Å². The zero-order valence-electron chi connectivity index (χ0n) is 11.9. The molecule has 0 aliphatic carbocycles. The Balaban J connectivity index is 2.56. The number of hydrogen-bond donors (Lipinski definition) is 1. The number of nitrogens with zero attached hydrogens (tertiary/aromatic N) is 1. The van der Waals surface area contributed by atoms with Gasteiger partial charge in [0.2, 0.25) is 0 Å². The Morgan fingerprint density at radius 3 is 2.53 bits per heavy atom. The summed E-state index contributed by atoms with van der Waals surface area (Å²) in [4.78, 5) is 12.4. The highest BCUT2D eigenvalue weighted by Crippen LogP contribution is 2.21. The summed E-state index contributed by atoms with van der Waals surface area (Å²) in [7, 11) is 0. The number of pyridine rings is 1. The van der Waals surface area contributed by atoms with Gasteiger partial charge in [-0.05, 0) is 29.4 Å². The van der Waals surface area contributed by atoms with Crippen LogP contribution < -0.4 is 11.3 Å². The van der Waals surface area contributed by atoms with Crippen LogP contribution >= 0.6 is 0 Å². The molecule has 0 spiro atoms. The van der Waals surface area contributed by atoms with E-state index < -0.39 is 0 Å². The Morgan fingerprint density at radius 2 is 1.89 bits per heavy atom. The Labute approximate surface area is 114 Å². The fourth-order valence-corrected chi connectivity index (χ4v) is 2.20. The molecule has 0 radical (unpaired) electrons. The van der Waals surface area contributed by atoms with Crippen LogP contribution in [0.1, 0.15) is 32.8 Å². The number of benzene rings is 1. The predicted molar refractivity (Wildman–Crippen MR) is 80.2 cm³/mol. The molecular formula is C16H22N2O. The molecule has 1 aromatic carbocycles. The van der Waals surface area contributed by atoms with E-state index in [2.05, 4.69) is 20.8 Å². The van der Waals surface area contributed by atoms with Crippen LogP contribution in [0.25, 0.3) is 10.9 Å². The predicted octanol–water partition coefficient (Wildman–Crippen LogP) is 2.90. The van der Waals surface area contributed by atoms with Gasteiger partial charge in [-0.15, -0.1) is 0 Å². The molecule has 0 bridgehead atoms. The molecule has 102 valence electrons. The summed E-state index contributed by atoms with van der Waals surface area (Å²) >= 11 is 0. The molecule has 0 saturated heterocycles. The molecule has 2 N–H and O–H groups in total. The summed E-state index contributed by atoms with van der Waals surface area (Å²) in [5, 5.41) is 1.08. The van der Waals surface area contributed by atoms with Crippen LogP contribution in [-0.4, -0.2) is 4.57 Å². The standard InChI is InChI=1S/C16H22N2O/c1-16(2,3)8-9-18-14-7-5-4-6-12(14)10-13(11-17)15(18)19/h4-7,10H,8-9,11,17H2,1-3H3. The first-order valence-electron chi connectivity index (χ1n) is 6.74. The fraction of sp³-hybridized carbons (Fsp3) is 0.438. The molecule has 0 amide bonds.